The summed E-state index contributed by atoms with van der Waals surface area (Å²) < 4.78 is 0. The van der Waals surface area contributed by atoms with Gasteiger partial charge in [-0.15, -0.1) is 0 Å². The summed E-state index contributed by atoms with van der Waals surface area (Å²) in [5, 5.41) is 3.59. The molecule has 1 spiro atoms. The van der Waals surface area contributed by atoms with Gasteiger partial charge in [-0.3, -0.25) is 4.90 Å². The summed E-state index contributed by atoms with van der Waals surface area (Å²) in [6.07, 6.45) is 4.22. The van der Waals surface area contributed by atoms with Crippen LogP contribution in [-0.2, 0) is 0 Å². The largest absolute Gasteiger partial charge is 0.369 e. The lowest BCUT2D eigenvalue weighted by Gasteiger charge is -2.42. The third-order valence-electron chi connectivity index (χ3n) is 6.30. The summed E-state index contributed by atoms with van der Waals surface area (Å²) in [4.78, 5) is 7.92. The quantitative estimate of drug-likeness (QED) is 0.911. The van der Waals surface area contributed by atoms with Crippen molar-refractivity contribution in [3.05, 3.63) is 30.3 Å². The van der Waals surface area contributed by atoms with Crippen LogP contribution in [0.4, 0.5) is 5.69 Å². The van der Waals surface area contributed by atoms with Crippen LogP contribution in [0.3, 0.4) is 0 Å². The number of hydrogen-bond acceptors (Lipinski definition) is 4. The molecule has 4 rings (SSSR count). The Morgan fingerprint density at radius 3 is 2.42 bits per heavy atom. The Kier molecular flexibility index (Phi) is 5.06. The molecule has 0 amide bonds. The fraction of sp³-hybridized carbons (Fsp3) is 0.700. The van der Waals surface area contributed by atoms with Crippen molar-refractivity contribution in [2.45, 2.75) is 19.3 Å². The highest BCUT2D eigenvalue weighted by molar-refractivity contribution is 5.46. The minimum atomic E-state index is 0.601. The smallest absolute Gasteiger partial charge is 0.0367 e. The van der Waals surface area contributed by atoms with Crippen LogP contribution in [0.25, 0.3) is 0 Å². The van der Waals surface area contributed by atoms with E-state index in [2.05, 4.69) is 50.3 Å². The van der Waals surface area contributed by atoms with Crippen molar-refractivity contribution in [1.82, 2.24) is 15.1 Å². The molecule has 24 heavy (non-hydrogen) atoms. The Hall–Kier alpha value is -1.10. The molecule has 0 aliphatic carbocycles. The van der Waals surface area contributed by atoms with E-state index in [1.807, 2.05) is 0 Å². The third kappa shape index (κ3) is 3.76. The first-order chi connectivity index (χ1) is 11.8. The average Bonchev–Trinajstić information content (AvgIpc) is 3.09. The molecule has 3 saturated heterocycles. The van der Waals surface area contributed by atoms with Gasteiger partial charge in [0.25, 0.3) is 0 Å². The van der Waals surface area contributed by atoms with Gasteiger partial charge >= 0.3 is 0 Å². The number of hydrogen-bond donors (Lipinski definition) is 1. The highest BCUT2D eigenvalue weighted by atomic mass is 15.3. The van der Waals surface area contributed by atoms with Gasteiger partial charge in [-0.25, -0.2) is 0 Å². The first kappa shape index (κ1) is 16.4. The molecule has 1 atom stereocenters. The second kappa shape index (κ2) is 7.42. The standard InChI is InChI=1S/C20H32N4/c1-2-5-19(6-3-1)24-15-13-22(14-16-24)11-12-23-10-4-7-20(18-23)8-9-21-17-20/h1-3,5-6,21H,4,7-18H2/t20-/m0/s1. The maximum Gasteiger partial charge on any atom is 0.0367 e. The van der Waals surface area contributed by atoms with Gasteiger partial charge in [0.15, 0.2) is 0 Å². The monoisotopic (exact) mass is 328 g/mol. The van der Waals surface area contributed by atoms with E-state index in [1.54, 1.807) is 0 Å². The molecule has 0 saturated carbocycles. The van der Waals surface area contributed by atoms with Crippen molar-refractivity contribution in [2.75, 3.05) is 70.3 Å². The average molecular weight is 329 g/mol. The van der Waals surface area contributed by atoms with E-state index in [4.69, 9.17) is 0 Å². The van der Waals surface area contributed by atoms with Crippen molar-refractivity contribution in [2.24, 2.45) is 5.41 Å². The van der Waals surface area contributed by atoms with Crippen LogP contribution in [-0.4, -0.2) is 75.2 Å². The second-order valence-corrected chi connectivity index (χ2v) is 7.97. The molecule has 4 nitrogen and oxygen atoms in total. The second-order valence-electron chi connectivity index (χ2n) is 7.97. The predicted molar refractivity (Wildman–Crippen MR) is 101 cm³/mol. The van der Waals surface area contributed by atoms with Gasteiger partial charge in [0.2, 0.25) is 0 Å². The Morgan fingerprint density at radius 2 is 1.67 bits per heavy atom. The van der Waals surface area contributed by atoms with E-state index in [-0.39, 0.29) is 0 Å². The number of piperidine rings is 1. The minimum absolute atomic E-state index is 0.601. The number of anilines is 1. The van der Waals surface area contributed by atoms with E-state index < -0.39 is 0 Å². The van der Waals surface area contributed by atoms with Crippen LogP contribution in [0, 0.1) is 5.41 Å². The first-order valence-corrected chi connectivity index (χ1v) is 9.79. The molecule has 0 aromatic heterocycles. The fourth-order valence-corrected chi connectivity index (χ4v) is 4.80. The summed E-state index contributed by atoms with van der Waals surface area (Å²) >= 11 is 0. The number of nitrogens with zero attached hydrogens (tertiary/aromatic N) is 3. The molecular weight excluding hydrogens is 296 g/mol. The van der Waals surface area contributed by atoms with Crippen molar-refractivity contribution in [3.63, 3.8) is 0 Å². The van der Waals surface area contributed by atoms with Crippen molar-refractivity contribution in [3.8, 4) is 0 Å². The Morgan fingerprint density at radius 1 is 0.875 bits per heavy atom. The van der Waals surface area contributed by atoms with Gasteiger partial charge in [0, 0.05) is 58.0 Å². The Labute approximate surface area is 146 Å². The van der Waals surface area contributed by atoms with Crippen LogP contribution < -0.4 is 10.2 Å². The maximum absolute atomic E-state index is 3.59. The molecule has 0 radical (unpaired) electrons. The zero-order valence-electron chi connectivity index (χ0n) is 14.9. The predicted octanol–water partition coefficient (Wildman–Crippen LogP) is 1.88. The SMILES string of the molecule is c1ccc(N2CCN(CCN3CCC[C@@]4(CCNC4)C3)CC2)cc1. The van der Waals surface area contributed by atoms with Crippen LogP contribution >= 0.6 is 0 Å². The molecule has 0 unspecified atom stereocenters. The lowest BCUT2D eigenvalue weighted by atomic mass is 9.79. The van der Waals surface area contributed by atoms with E-state index in [9.17, 15) is 0 Å². The molecule has 132 valence electrons. The minimum Gasteiger partial charge on any atom is -0.369 e. The zero-order chi connectivity index (χ0) is 16.2. The van der Waals surface area contributed by atoms with Gasteiger partial charge in [-0.05, 0) is 49.9 Å². The summed E-state index contributed by atoms with van der Waals surface area (Å²) in [5.41, 5.74) is 1.98. The van der Waals surface area contributed by atoms with Crippen LogP contribution in [0.2, 0.25) is 0 Å². The Bertz CT molecular complexity index is 504. The van der Waals surface area contributed by atoms with Gasteiger partial charge < -0.3 is 15.1 Å². The number of benzene rings is 1. The van der Waals surface area contributed by atoms with Crippen molar-refractivity contribution < 1.29 is 0 Å². The number of likely N-dealkylation sites (tertiary alicyclic amines) is 1. The molecule has 1 aromatic rings. The lowest BCUT2D eigenvalue weighted by molar-refractivity contribution is 0.0909. The molecule has 1 aromatic carbocycles. The van der Waals surface area contributed by atoms with Crippen LogP contribution in [0.1, 0.15) is 19.3 Å². The van der Waals surface area contributed by atoms with Gasteiger partial charge in [-0.2, -0.15) is 0 Å². The summed E-state index contributed by atoms with van der Waals surface area (Å²) in [5.74, 6) is 0. The fourth-order valence-electron chi connectivity index (χ4n) is 4.80. The number of para-hydroxylation sites is 1. The summed E-state index contributed by atoms with van der Waals surface area (Å²) in [7, 11) is 0. The summed E-state index contributed by atoms with van der Waals surface area (Å²) in [6.45, 7) is 12.4. The van der Waals surface area contributed by atoms with Gasteiger partial charge in [-0.1, -0.05) is 18.2 Å². The summed E-state index contributed by atoms with van der Waals surface area (Å²) in [6, 6.07) is 10.9. The van der Waals surface area contributed by atoms with Gasteiger partial charge in [0.1, 0.15) is 0 Å². The molecular formula is C20H32N4. The normalized spacial score (nSPS) is 29.4. The van der Waals surface area contributed by atoms with Crippen molar-refractivity contribution >= 4 is 5.69 Å². The van der Waals surface area contributed by atoms with E-state index >= 15 is 0 Å². The maximum atomic E-state index is 3.59. The van der Waals surface area contributed by atoms with Crippen LogP contribution in [0.5, 0.6) is 0 Å². The molecule has 3 aliphatic heterocycles. The van der Waals surface area contributed by atoms with E-state index in [1.165, 1.54) is 77.3 Å². The molecule has 0 bridgehead atoms. The van der Waals surface area contributed by atoms with Gasteiger partial charge in [0.05, 0.1) is 0 Å². The molecule has 3 aliphatic rings. The number of nitrogens with one attached hydrogen (secondary N) is 1. The lowest BCUT2D eigenvalue weighted by Crippen LogP contribution is -2.50. The third-order valence-corrected chi connectivity index (χ3v) is 6.30. The molecule has 3 heterocycles. The van der Waals surface area contributed by atoms with Crippen molar-refractivity contribution in [1.29, 1.82) is 0 Å². The molecule has 3 fully saturated rings. The molecule has 1 N–H and O–H groups in total. The zero-order valence-corrected chi connectivity index (χ0v) is 14.9. The number of piperazine rings is 1. The van der Waals surface area contributed by atoms with E-state index in [0.717, 1.165) is 13.1 Å². The topological polar surface area (TPSA) is 21.8 Å². The van der Waals surface area contributed by atoms with E-state index in [0.29, 0.717) is 5.41 Å². The number of rotatable bonds is 4. The highest BCUT2D eigenvalue weighted by Crippen LogP contribution is 2.35. The first-order valence-electron chi connectivity index (χ1n) is 9.79. The highest BCUT2D eigenvalue weighted by Gasteiger charge is 2.37. The molecule has 4 heteroatoms. The Balaban J connectivity index is 1.22. The van der Waals surface area contributed by atoms with Crippen LogP contribution in [0.15, 0.2) is 30.3 Å².